The summed E-state index contributed by atoms with van der Waals surface area (Å²) in [7, 11) is 0. The van der Waals surface area contributed by atoms with Crippen LogP contribution in [0.15, 0.2) is 54.9 Å². The van der Waals surface area contributed by atoms with Gasteiger partial charge in [-0.05, 0) is 37.6 Å². The van der Waals surface area contributed by atoms with Gasteiger partial charge in [0.05, 0.1) is 11.7 Å². The summed E-state index contributed by atoms with van der Waals surface area (Å²) in [4.78, 5) is 11.8. The van der Waals surface area contributed by atoms with Crippen molar-refractivity contribution in [2.45, 2.75) is 19.9 Å². The average Bonchev–Trinajstić information content (AvgIpc) is 2.99. The Kier molecular flexibility index (Phi) is 4.77. The molecule has 0 aliphatic rings. The van der Waals surface area contributed by atoms with Crippen LogP contribution in [0.3, 0.4) is 0 Å². The van der Waals surface area contributed by atoms with E-state index in [0.29, 0.717) is 6.54 Å². The third kappa shape index (κ3) is 4.21. The summed E-state index contributed by atoms with van der Waals surface area (Å²) < 4.78 is 1.79. The van der Waals surface area contributed by atoms with Crippen LogP contribution in [-0.4, -0.2) is 22.4 Å². The lowest BCUT2D eigenvalue weighted by Gasteiger charge is -2.16. The van der Waals surface area contributed by atoms with Gasteiger partial charge < -0.3 is 10.6 Å². The molecule has 5 nitrogen and oxygen atoms in total. The van der Waals surface area contributed by atoms with Gasteiger partial charge >= 0.3 is 6.03 Å². The highest BCUT2D eigenvalue weighted by molar-refractivity contribution is 5.74. The van der Waals surface area contributed by atoms with Crippen molar-refractivity contribution in [2.24, 2.45) is 0 Å². The van der Waals surface area contributed by atoms with E-state index < -0.39 is 0 Å². The molecule has 0 spiro atoms. The largest absolute Gasteiger partial charge is 0.334 e. The van der Waals surface area contributed by atoms with Crippen molar-refractivity contribution >= 4 is 6.03 Å². The molecular weight excluding hydrogens is 264 g/mol. The van der Waals surface area contributed by atoms with Crippen molar-refractivity contribution in [3.05, 3.63) is 60.4 Å². The number of amides is 2. The maximum atomic E-state index is 11.8. The predicted molar refractivity (Wildman–Crippen MR) is 83.3 cm³/mol. The zero-order valence-electron chi connectivity index (χ0n) is 12.3. The molecule has 1 aromatic carbocycles. The first-order chi connectivity index (χ1) is 10.1. The molecule has 2 aromatic rings. The lowest BCUT2D eigenvalue weighted by atomic mass is 10.1. The first-order valence-corrected chi connectivity index (χ1v) is 6.85. The van der Waals surface area contributed by atoms with Gasteiger partial charge in [-0.25, -0.2) is 9.48 Å². The van der Waals surface area contributed by atoms with Gasteiger partial charge in [-0.3, -0.25) is 0 Å². The van der Waals surface area contributed by atoms with E-state index in [2.05, 4.69) is 22.3 Å². The highest BCUT2D eigenvalue weighted by Crippen LogP contribution is 2.16. The van der Waals surface area contributed by atoms with Crippen LogP contribution in [0.25, 0.3) is 5.69 Å². The van der Waals surface area contributed by atoms with Crippen molar-refractivity contribution in [3.8, 4) is 5.69 Å². The summed E-state index contributed by atoms with van der Waals surface area (Å²) in [6.45, 7) is 8.05. The van der Waals surface area contributed by atoms with Crippen LogP contribution < -0.4 is 10.6 Å². The summed E-state index contributed by atoms with van der Waals surface area (Å²) in [6, 6.07) is 9.51. The van der Waals surface area contributed by atoms with Gasteiger partial charge in [0.15, 0.2) is 0 Å². The second-order valence-corrected chi connectivity index (χ2v) is 5.05. The number of nitrogens with one attached hydrogen (secondary N) is 2. The number of carbonyl (C=O) groups is 1. The number of hydrogen-bond acceptors (Lipinski definition) is 2. The topological polar surface area (TPSA) is 59.0 Å². The Bertz CT molecular complexity index is 619. The van der Waals surface area contributed by atoms with Crippen molar-refractivity contribution in [1.82, 2.24) is 20.4 Å². The van der Waals surface area contributed by atoms with Crippen molar-refractivity contribution < 1.29 is 4.79 Å². The molecule has 0 saturated carbocycles. The van der Waals surface area contributed by atoms with E-state index in [0.717, 1.165) is 16.8 Å². The number of aromatic nitrogens is 2. The zero-order chi connectivity index (χ0) is 15.2. The van der Waals surface area contributed by atoms with Crippen LogP contribution in [0.1, 0.15) is 25.5 Å². The van der Waals surface area contributed by atoms with E-state index in [1.807, 2.05) is 50.4 Å². The van der Waals surface area contributed by atoms with Crippen molar-refractivity contribution in [1.29, 1.82) is 0 Å². The highest BCUT2D eigenvalue weighted by Gasteiger charge is 2.10. The van der Waals surface area contributed by atoms with E-state index >= 15 is 0 Å². The van der Waals surface area contributed by atoms with Crippen LogP contribution >= 0.6 is 0 Å². The molecule has 2 rings (SSSR count). The Balaban J connectivity index is 2.02. The van der Waals surface area contributed by atoms with E-state index in [1.54, 1.807) is 10.9 Å². The van der Waals surface area contributed by atoms with Crippen LogP contribution in [0.2, 0.25) is 0 Å². The standard InChI is InChI=1S/C16H20N4O/c1-12(2)11-17-16(21)19-13(3)14-6-4-7-15(10-14)20-9-5-8-18-20/h4-10,13H,1,11H2,2-3H3,(H2,17,19,21). The first-order valence-electron chi connectivity index (χ1n) is 6.85. The van der Waals surface area contributed by atoms with Gasteiger partial charge in [-0.15, -0.1) is 0 Å². The lowest BCUT2D eigenvalue weighted by molar-refractivity contribution is 0.238. The second kappa shape index (κ2) is 6.74. The number of rotatable bonds is 5. The molecule has 1 atom stereocenters. The highest BCUT2D eigenvalue weighted by atomic mass is 16.2. The number of benzene rings is 1. The monoisotopic (exact) mass is 284 g/mol. The quantitative estimate of drug-likeness (QED) is 0.829. The molecule has 0 radical (unpaired) electrons. The minimum Gasteiger partial charge on any atom is -0.334 e. The maximum absolute atomic E-state index is 11.8. The Morgan fingerprint density at radius 1 is 1.43 bits per heavy atom. The fourth-order valence-electron chi connectivity index (χ4n) is 1.92. The maximum Gasteiger partial charge on any atom is 0.315 e. The summed E-state index contributed by atoms with van der Waals surface area (Å²) in [5.41, 5.74) is 2.90. The molecule has 1 aromatic heterocycles. The van der Waals surface area contributed by atoms with Crippen LogP contribution in [0.4, 0.5) is 4.79 Å². The molecule has 110 valence electrons. The Morgan fingerprint density at radius 2 is 2.24 bits per heavy atom. The van der Waals surface area contributed by atoms with Gasteiger partial charge in [0.25, 0.3) is 0 Å². The second-order valence-electron chi connectivity index (χ2n) is 5.05. The minimum absolute atomic E-state index is 0.0920. The fraction of sp³-hybridized carbons (Fsp3) is 0.250. The SMILES string of the molecule is C=C(C)CNC(=O)NC(C)c1cccc(-n2cccn2)c1. The van der Waals surface area contributed by atoms with Gasteiger partial charge in [0.2, 0.25) is 0 Å². The number of nitrogens with zero attached hydrogens (tertiary/aromatic N) is 2. The number of urea groups is 1. The number of hydrogen-bond donors (Lipinski definition) is 2. The van der Waals surface area contributed by atoms with E-state index in [9.17, 15) is 4.79 Å². The molecule has 1 unspecified atom stereocenters. The summed E-state index contributed by atoms with van der Waals surface area (Å²) in [5, 5.41) is 9.86. The Morgan fingerprint density at radius 3 is 2.90 bits per heavy atom. The summed E-state index contributed by atoms with van der Waals surface area (Å²) >= 11 is 0. The van der Waals surface area contributed by atoms with Crippen LogP contribution in [0.5, 0.6) is 0 Å². The zero-order valence-corrected chi connectivity index (χ0v) is 12.3. The normalized spacial score (nSPS) is 11.7. The van der Waals surface area contributed by atoms with Gasteiger partial charge in [0.1, 0.15) is 0 Å². The van der Waals surface area contributed by atoms with Gasteiger partial charge in [-0.2, -0.15) is 5.10 Å². The van der Waals surface area contributed by atoms with Gasteiger partial charge in [0, 0.05) is 18.9 Å². The molecule has 5 heteroatoms. The molecule has 0 bridgehead atoms. The van der Waals surface area contributed by atoms with E-state index in [4.69, 9.17) is 0 Å². The molecule has 1 heterocycles. The van der Waals surface area contributed by atoms with Gasteiger partial charge in [-0.1, -0.05) is 24.3 Å². The third-order valence-corrected chi connectivity index (χ3v) is 3.04. The average molecular weight is 284 g/mol. The molecule has 2 amide bonds. The van der Waals surface area contributed by atoms with E-state index in [1.165, 1.54) is 0 Å². The minimum atomic E-state index is -0.199. The summed E-state index contributed by atoms with van der Waals surface area (Å²) in [5.74, 6) is 0. The molecule has 21 heavy (non-hydrogen) atoms. The first kappa shape index (κ1) is 14.8. The van der Waals surface area contributed by atoms with Crippen LogP contribution in [-0.2, 0) is 0 Å². The molecule has 2 N–H and O–H groups in total. The third-order valence-electron chi connectivity index (χ3n) is 3.04. The van der Waals surface area contributed by atoms with Crippen molar-refractivity contribution in [2.75, 3.05) is 6.54 Å². The summed E-state index contributed by atoms with van der Waals surface area (Å²) in [6.07, 6.45) is 3.62. The predicted octanol–water partition coefficient (Wildman–Crippen LogP) is 2.81. The molecule has 0 fully saturated rings. The molecule has 0 aliphatic heterocycles. The Hall–Kier alpha value is -2.56. The van der Waals surface area contributed by atoms with Crippen LogP contribution in [0, 0.1) is 0 Å². The van der Waals surface area contributed by atoms with E-state index in [-0.39, 0.29) is 12.1 Å². The molecule has 0 aliphatic carbocycles. The van der Waals surface area contributed by atoms with Crippen molar-refractivity contribution in [3.63, 3.8) is 0 Å². The molecular formula is C16H20N4O. The molecule has 0 saturated heterocycles. The smallest absolute Gasteiger partial charge is 0.315 e. The number of carbonyl (C=O) groups excluding carboxylic acids is 1. The lowest BCUT2D eigenvalue weighted by Crippen LogP contribution is -2.37. The fourth-order valence-corrected chi connectivity index (χ4v) is 1.92. The Labute approximate surface area is 124 Å².